The van der Waals surface area contributed by atoms with E-state index in [0.29, 0.717) is 24.4 Å². The molecule has 0 aliphatic heterocycles. The van der Waals surface area contributed by atoms with Crippen LogP contribution in [0.2, 0.25) is 5.02 Å². The van der Waals surface area contributed by atoms with Crippen molar-refractivity contribution in [1.29, 1.82) is 0 Å². The number of ether oxygens (including phenoxy) is 2. The maximum absolute atomic E-state index is 12.9. The van der Waals surface area contributed by atoms with E-state index >= 15 is 0 Å². The van der Waals surface area contributed by atoms with E-state index < -0.39 is 36.7 Å². The number of carbonyl (C=O) groups excluding carboxylic acids is 1. The highest BCUT2D eigenvalue weighted by Crippen LogP contribution is 2.20. The van der Waals surface area contributed by atoms with Crippen molar-refractivity contribution in [3.63, 3.8) is 0 Å². The number of hydrogen-bond acceptors (Lipinski definition) is 6. The van der Waals surface area contributed by atoms with Crippen molar-refractivity contribution in [2.75, 3.05) is 31.6 Å². The number of aliphatic carboxylic acids is 2. The highest BCUT2D eigenvalue weighted by molar-refractivity contribution is 6.31. The number of carboxylic acid groups (broad SMARTS) is 2. The van der Waals surface area contributed by atoms with Crippen molar-refractivity contribution < 1.29 is 34.1 Å². The molecule has 0 heterocycles. The highest BCUT2D eigenvalue weighted by Gasteiger charge is 2.36. The predicted molar refractivity (Wildman–Crippen MR) is 160 cm³/mol. The smallest absolute Gasteiger partial charge is 0.336 e. The SMILES string of the molecule is Cc1ccc(CCCCCO[C@@H](C(=O)NCCCCCNc2ccc(C)c(Cl)c2)[C@@H](OCC(=O)O)C(=O)O)cc1C. The Balaban J connectivity index is 1.77. The summed E-state index contributed by atoms with van der Waals surface area (Å²) in [6, 6.07) is 12.2. The van der Waals surface area contributed by atoms with Gasteiger partial charge < -0.3 is 30.3 Å². The lowest BCUT2D eigenvalue weighted by atomic mass is 10.0. The van der Waals surface area contributed by atoms with Crippen LogP contribution < -0.4 is 10.6 Å². The standard InChI is InChI=1S/C31H43ClN2O7/c1-21-11-13-24(18-23(21)3)10-6-4-9-17-40-28(29(31(38)39)41-20-27(35)36)30(37)34-16-8-5-7-15-33-25-14-12-22(2)26(32)19-25/h11-14,18-19,28-29,33H,4-10,15-17,20H2,1-3H3,(H,34,37)(H,35,36)(H,38,39)/t28-,29-/m1/s1. The first kappa shape index (κ1) is 34.1. The van der Waals surface area contributed by atoms with E-state index in [9.17, 15) is 19.5 Å². The van der Waals surface area contributed by atoms with Gasteiger partial charge in [-0.3, -0.25) is 4.79 Å². The molecule has 41 heavy (non-hydrogen) atoms. The molecule has 0 spiro atoms. The van der Waals surface area contributed by atoms with Gasteiger partial charge in [0.2, 0.25) is 0 Å². The Kier molecular flexibility index (Phi) is 15.2. The van der Waals surface area contributed by atoms with Crippen molar-refractivity contribution in [2.24, 2.45) is 0 Å². The summed E-state index contributed by atoms with van der Waals surface area (Å²) in [5, 5.41) is 25.3. The Morgan fingerprint density at radius 1 is 0.805 bits per heavy atom. The largest absolute Gasteiger partial charge is 0.480 e. The summed E-state index contributed by atoms with van der Waals surface area (Å²) in [6.45, 7) is 6.49. The van der Waals surface area contributed by atoms with E-state index in [1.165, 1.54) is 16.7 Å². The molecule has 0 bridgehead atoms. The van der Waals surface area contributed by atoms with Crippen LogP contribution in [0.4, 0.5) is 5.69 Å². The third-order valence-electron chi connectivity index (χ3n) is 6.80. The lowest BCUT2D eigenvalue weighted by Crippen LogP contribution is -2.49. The molecule has 10 heteroatoms. The van der Waals surface area contributed by atoms with Crippen LogP contribution in [-0.2, 0) is 30.3 Å². The molecule has 0 aromatic heterocycles. The number of carboxylic acids is 2. The van der Waals surface area contributed by atoms with Crippen LogP contribution >= 0.6 is 11.6 Å². The van der Waals surface area contributed by atoms with Crippen molar-refractivity contribution in [1.82, 2.24) is 5.32 Å². The van der Waals surface area contributed by atoms with E-state index in [4.69, 9.17) is 26.2 Å². The van der Waals surface area contributed by atoms with Crippen molar-refractivity contribution in [2.45, 2.75) is 77.9 Å². The molecule has 2 aromatic rings. The van der Waals surface area contributed by atoms with Gasteiger partial charge in [0.05, 0.1) is 0 Å². The number of amides is 1. The van der Waals surface area contributed by atoms with Crippen LogP contribution in [0.3, 0.4) is 0 Å². The van der Waals surface area contributed by atoms with Crippen LogP contribution in [0, 0.1) is 20.8 Å². The van der Waals surface area contributed by atoms with Crippen molar-refractivity contribution >= 4 is 35.1 Å². The van der Waals surface area contributed by atoms with Crippen molar-refractivity contribution in [3.05, 3.63) is 63.7 Å². The second kappa shape index (κ2) is 18.3. The number of anilines is 1. The number of unbranched alkanes of at least 4 members (excludes halogenated alkanes) is 4. The molecule has 0 aliphatic rings. The second-order valence-electron chi connectivity index (χ2n) is 10.2. The van der Waals surface area contributed by atoms with Crippen LogP contribution in [0.1, 0.15) is 60.8 Å². The normalized spacial score (nSPS) is 12.5. The maximum Gasteiger partial charge on any atom is 0.336 e. The van der Waals surface area contributed by atoms with E-state index in [2.05, 4.69) is 42.7 Å². The van der Waals surface area contributed by atoms with Crippen molar-refractivity contribution in [3.8, 4) is 0 Å². The topological polar surface area (TPSA) is 134 Å². The Morgan fingerprint density at radius 2 is 1.51 bits per heavy atom. The third kappa shape index (κ3) is 12.9. The molecular formula is C31H43ClN2O7. The summed E-state index contributed by atoms with van der Waals surface area (Å²) in [5.74, 6) is -3.42. The molecule has 9 nitrogen and oxygen atoms in total. The number of nitrogens with one attached hydrogen (secondary N) is 2. The van der Waals surface area contributed by atoms with Gasteiger partial charge in [0, 0.05) is 30.4 Å². The molecule has 1 amide bonds. The first-order valence-electron chi connectivity index (χ1n) is 14.1. The third-order valence-corrected chi connectivity index (χ3v) is 7.20. The first-order valence-corrected chi connectivity index (χ1v) is 14.5. The summed E-state index contributed by atoms with van der Waals surface area (Å²) in [7, 11) is 0. The van der Waals surface area contributed by atoms with Crippen LogP contribution in [0.5, 0.6) is 0 Å². The fourth-order valence-electron chi connectivity index (χ4n) is 4.20. The summed E-state index contributed by atoms with van der Waals surface area (Å²) < 4.78 is 10.7. The Bertz CT molecular complexity index is 1140. The van der Waals surface area contributed by atoms with Crippen LogP contribution in [-0.4, -0.2) is 66.6 Å². The summed E-state index contributed by atoms with van der Waals surface area (Å²) in [6.07, 6.45) is 2.48. The van der Waals surface area contributed by atoms with E-state index in [0.717, 1.165) is 49.9 Å². The summed E-state index contributed by atoms with van der Waals surface area (Å²) in [4.78, 5) is 35.6. The van der Waals surface area contributed by atoms with Gasteiger partial charge in [-0.05, 0) is 93.7 Å². The molecule has 4 N–H and O–H groups in total. The minimum absolute atomic E-state index is 0.153. The zero-order valence-electron chi connectivity index (χ0n) is 24.2. The van der Waals surface area contributed by atoms with E-state index in [-0.39, 0.29) is 6.61 Å². The summed E-state index contributed by atoms with van der Waals surface area (Å²) in [5.41, 5.74) is 5.73. The van der Waals surface area contributed by atoms with Gasteiger partial charge >= 0.3 is 11.9 Å². The molecule has 2 rings (SSSR count). The minimum Gasteiger partial charge on any atom is -0.480 e. The molecule has 0 radical (unpaired) electrons. The fraction of sp³-hybridized carbons (Fsp3) is 0.516. The maximum atomic E-state index is 12.9. The minimum atomic E-state index is -1.73. The van der Waals surface area contributed by atoms with E-state index in [1.54, 1.807) is 0 Å². The number of carbonyl (C=O) groups is 3. The van der Waals surface area contributed by atoms with Gasteiger partial charge in [-0.1, -0.05) is 42.3 Å². The fourth-order valence-corrected chi connectivity index (χ4v) is 4.38. The number of hydrogen-bond donors (Lipinski definition) is 4. The van der Waals surface area contributed by atoms with Gasteiger partial charge in [0.15, 0.2) is 12.2 Å². The zero-order valence-corrected chi connectivity index (χ0v) is 25.0. The molecule has 0 aliphatic carbocycles. The Morgan fingerprint density at radius 3 is 2.20 bits per heavy atom. The number of aryl methyl sites for hydroxylation is 4. The zero-order chi connectivity index (χ0) is 30.2. The first-order chi connectivity index (χ1) is 19.6. The number of halogens is 1. The second-order valence-corrected chi connectivity index (χ2v) is 10.6. The highest BCUT2D eigenvalue weighted by atomic mass is 35.5. The average molecular weight is 591 g/mol. The molecule has 0 unspecified atom stereocenters. The van der Waals surface area contributed by atoms with Gasteiger partial charge in [0.1, 0.15) is 6.61 Å². The lowest BCUT2D eigenvalue weighted by molar-refractivity contribution is -0.172. The quantitative estimate of drug-likeness (QED) is 0.152. The molecule has 0 saturated heterocycles. The molecule has 0 fully saturated rings. The van der Waals surface area contributed by atoms with Crippen LogP contribution in [0.25, 0.3) is 0 Å². The van der Waals surface area contributed by atoms with Gasteiger partial charge in [-0.2, -0.15) is 0 Å². The summed E-state index contributed by atoms with van der Waals surface area (Å²) >= 11 is 6.15. The van der Waals surface area contributed by atoms with Crippen LogP contribution in [0.15, 0.2) is 36.4 Å². The van der Waals surface area contributed by atoms with E-state index in [1.807, 2.05) is 25.1 Å². The molecule has 2 aromatic carbocycles. The monoisotopic (exact) mass is 590 g/mol. The molecule has 2 atom stereocenters. The average Bonchev–Trinajstić information content (AvgIpc) is 2.92. The number of benzene rings is 2. The van der Waals surface area contributed by atoms with Gasteiger partial charge in [-0.25, -0.2) is 9.59 Å². The molecule has 226 valence electrons. The predicted octanol–water partition coefficient (Wildman–Crippen LogP) is 5.32. The molecule has 0 saturated carbocycles. The Labute approximate surface area is 247 Å². The van der Waals surface area contributed by atoms with Gasteiger partial charge in [-0.15, -0.1) is 0 Å². The lowest BCUT2D eigenvalue weighted by Gasteiger charge is -2.23. The molecular weight excluding hydrogens is 548 g/mol. The number of rotatable bonds is 20. The Hall–Kier alpha value is -3.14. The van der Waals surface area contributed by atoms with Gasteiger partial charge in [0.25, 0.3) is 5.91 Å².